The summed E-state index contributed by atoms with van der Waals surface area (Å²) in [7, 11) is 0. The highest BCUT2D eigenvalue weighted by Gasteiger charge is 2.12. The molecule has 0 fully saturated rings. The molecule has 3 N–H and O–H groups in total. The van der Waals surface area contributed by atoms with Gasteiger partial charge in [-0.2, -0.15) is 0 Å². The molecular weight excluding hydrogens is 362 g/mol. The normalized spacial score (nSPS) is 11.1. The summed E-state index contributed by atoms with van der Waals surface area (Å²) in [6, 6.07) is 19.2. The highest BCUT2D eigenvalue weighted by atomic mass is 16.5. The van der Waals surface area contributed by atoms with Gasteiger partial charge in [-0.3, -0.25) is 4.79 Å². The fraction of sp³-hybridized carbons (Fsp3) is 0.250. The molecular formula is C24H27N3O2. The van der Waals surface area contributed by atoms with Crippen molar-refractivity contribution < 1.29 is 9.53 Å². The molecule has 1 heterocycles. The van der Waals surface area contributed by atoms with Crippen LogP contribution >= 0.6 is 0 Å². The summed E-state index contributed by atoms with van der Waals surface area (Å²) in [6.45, 7) is 7.07. The van der Waals surface area contributed by atoms with E-state index in [-0.39, 0.29) is 17.1 Å². The molecule has 1 amide bonds. The van der Waals surface area contributed by atoms with E-state index in [1.807, 2.05) is 36.4 Å². The van der Waals surface area contributed by atoms with Gasteiger partial charge in [-0.15, -0.1) is 0 Å². The molecule has 2 aromatic carbocycles. The van der Waals surface area contributed by atoms with Gasteiger partial charge >= 0.3 is 0 Å². The van der Waals surface area contributed by atoms with Crippen LogP contribution in [0.15, 0.2) is 66.9 Å². The van der Waals surface area contributed by atoms with Crippen molar-refractivity contribution in [2.45, 2.75) is 33.7 Å². The van der Waals surface area contributed by atoms with Gasteiger partial charge in [-0.25, -0.2) is 4.98 Å². The lowest BCUT2D eigenvalue weighted by Gasteiger charge is -2.18. The molecule has 0 aliphatic carbocycles. The number of amides is 1. The van der Waals surface area contributed by atoms with Crippen molar-refractivity contribution in [3.63, 3.8) is 0 Å². The quantitative estimate of drug-likeness (QED) is 0.624. The molecule has 0 saturated carbocycles. The number of benzene rings is 2. The Balaban J connectivity index is 1.59. The summed E-state index contributed by atoms with van der Waals surface area (Å²) < 4.78 is 5.99. The maximum Gasteiger partial charge on any atom is 0.255 e. The number of ether oxygens (including phenoxy) is 1. The summed E-state index contributed by atoms with van der Waals surface area (Å²) in [5.41, 5.74) is 8.57. The van der Waals surface area contributed by atoms with Gasteiger partial charge in [0.1, 0.15) is 17.3 Å². The minimum atomic E-state index is -0.244. The summed E-state index contributed by atoms with van der Waals surface area (Å²) in [5.74, 6) is 1.55. The molecule has 150 valence electrons. The average Bonchev–Trinajstić information content (AvgIpc) is 2.66. The number of nitrogens with one attached hydrogen (secondary N) is 1. The third-order valence-corrected chi connectivity index (χ3v) is 4.33. The Labute approximate surface area is 171 Å². The molecule has 0 radical (unpaired) electrons. The third kappa shape index (κ3) is 6.07. The summed E-state index contributed by atoms with van der Waals surface area (Å²) in [4.78, 5) is 16.2. The van der Waals surface area contributed by atoms with Crippen LogP contribution in [0.1, 0.15) is 42.3 Å². The van der Waals surface area contributed by atoms with E-state index in [9.17, 15) is 4.79 Å². The molecule has 3 rings (SSSR count). The van der Waals surface area contributed by atoms with E-state index in [1.165, 1.54) is 5.56 Å². The van der Waals surface area contributed by atoms with Crippen LogP contribution in [0.4, 0.5) is 5.82 Å². The summed E-state index contributed by atoms with van der Waals surface area (Å²) in [5, 5.41) is 2.85. The van der Waals surface area contributed by atoms with Crippen LogP contribution < -0.4 is 15.8 Å². The zero-order valence-electron chi connectivity index (χ0n) is 17.1. The molecule has 0 atom stereocenters. The van der Waals surface area contributed by atoms with E-state index in [4.69, 9.17) is 10.5 Å². The molecule has 0 unspecified atom stereocenters. The van der Waals surface area contributed by atoms with Crippen molar-refractivity contribution in [3.05, 3.63) is 83.6 Å². The van der Waals surface area contributed by atoms with Crippen molar-refractivity contribution in [2.24, 2.45) is 5.41 Å². The number of aromatic nitrogens is 1. The monoisotopic (exact) mass is 389 g/mol. The maximum atomic E-state index is 12.2. The van der Waals surface area contributed by atoms with Gasteiger partial charge in [-0.1, -0.05) is 45.0 Å². The van der Waals surface area contributed by atoms with Crippen LogP contribution in [0.2, 0.25) is 0 Å². The van der Waals surface area contributed by atoms with Gasteiger partial charge in [0.2, 0.25) is 0 Å². The van der Waals surface area contributed by atoms with E-state index in [1.54, 1.807) is 18.3 Å². The lowest BCUT2D eigenvalue weighted by Crippen LogP contribution is -2.24. The van der Waals surface area contributed by atoms with Crippen molar-refractivity contribution in [3.8, 4) is 11.5 Å². The minimum Gasteiger partial charge on any atom is -0.457 e. The fourth-order valence-corrected chi connectivity index (χ4v) is 3.03. The lowest BCUT2D eigenvalue weighted by atomic mass is 9.88. The van der Waals surface area contributed by atoms with Gasteiger partial charge in [0.15, 0.2) is 0 Å². The number of nitrogens with zero attached hydrogens (tertiary/aromatic N) is 1. The highest BCUT2D eigenvalue weighted by Crippen LogP contribution is 2.26. The molecule has 3 aromatic rings. The second-order valence-corrected chi connectivity index (χ2v) is 8.25. The Morgan fingerprint density at radius 3 is 2.45 bits per heavy atom. The number of hydrogen-bond acceptors (Lipinski definition) is 4. The molecule has 5 nitrogen and oxygen atoms in total. The number of rotatable bonds is 6. The second-order valence-electron chi connectivity index (χ2n) is 8.25. The number of carbonyl (C=O) groups excluding carboxylic acids is 1. The first-order chi connectivity index (χ1) is 13.8. The van der Waals surface area contributed by atoms with Gasteiger partial charge in [0.05, 0.1) is 5.56 Å². The van der Waals surface area contributed by atoms with Gasteiger partial charge in [0.25, 0.3) is 5.91 Å². The van der Waals surface area contributed by atoms with Crippen LogP contribution in [0.5, 0.6) is 11.5 Å². The maximum absolute atomic E-state index is 12.2. The Kier molecular flexibility index (Phi) is 6.17. The van der Waals surface area contributed by atoms with Crippen LogP contribution in [-0.2, 0) is 13.0 Å². The molecule has 1 aromatic heterocycles. The Bertz CT molecular complexity index is 976. The number of nitrogens with two attached hydrogens (primary N) is 1. The zero-order valence-corrected chi connectivity index (χ0v) is 17.1. The first-order valence-electron chi connectivity index (χ1n) is 9.65. The smallest absolute Gasteiger partial charge is 0.255 e. The van der Waals surface area contributed by atoms with Crippen LogP contribution in [0.3, 0.4) is 0 Å². The Morgan fingerprint density at radius 2 is 1.76 bits per heavy atom. The molecule has 5 heteroatoms. The topological polar surface area (TPSA) is 77.2 Å². The number of hydrogen-bond donors (Lipinski definition) is 2. The van der Waals surface area contributed by atoms with Crippen molar-refractivity contribution in [2.75, 3.05) is 5.73 Å². The average molecular weight is 389 g/mol. The third-order valence-electron chi connectivity index (χ3n) is 4.33. The fourth-order valence-electron chi connectivity index (χ4n) is 3.03. The predicted octanol–water partition coefficient (Wildman–Crippen LogP) is 4.97. The molecule has 0 saturated heterocycles. The van der Waals surface area contributed by atoms with E-state index in [0.29, 0.717) is 12.1 Å². The van der Waals surface area contributed by atoms with Gasteiger partial charge < -0.3 is 15.8 Å². The standard InChI is InChI=1S/C24H27N3O2/c1-24(2,3)15-18-6-4-7-20(14-18)29-19-11-9-17(10-12-19)16-27-23(28)21-8-5-13-26-22(21)25/h4-14H,15-16H2,1-3H3,(H2,25,26)(H,27,28). The van der Waals surface area contributed by atoms with E-state index >= 15 is 0 Å². The van der Waals surface area contributed by atoms with Crippen molar-refractivity contribution in [1.82, 2.24) is 10.3 Å². The summed E-state index contributed by atoms with van der Waals surface area (Å²) in [6.07, 6.45) is 2.55. The van der Waals surface area contributed by atoms with E-state index < -0.39 is 0 Å². The van der Waals surface area contributed by atoms with E-state index in [2.05, 4.69) is 43.2 Å². The number of carbonyl (C=O) groups is 1. The van der Waals surface area contributed by atoms with Crippen molar-refractivity contribution in [1.29, 1.82) is 0 Å². The Hall–Kier alpha value is -3.34. The summed E-state index contributed by atoms with van der Waals surface area (Å²) >= 11 is 0. The molecule has 0 spiro atoms. The number of nitrogen functional groups attached to an aromatic ring is 1. The van der Waals surface area contributed by atoms with Crippen LogP contribution in [0, 0.1) is 5.41 Å². The predicted molar refractivity (Wildman–Crippen MR) is 116 cm³/mol. The lowest BCUT2D eigenvalue weighted by molar-refractivity contribution is 0.0951. The molecule has 0 bridgehead atoms. The zero-order chi connectivity index (χ0) is 20.9. The number of pyridine rings is 1. The first-order valence-corrected chi connectivity index (χ1v) is 9.65. The van der Waals surface area contributed by atoms with Crippen LogP contribution in [0.25, 0.3) is 0 Å². The largest absolute Gasteiger partial charge is 0.457 e. The minimum absolute atomic E-state index is 0.224. The molecule has 29 heavy (non-hydrogen) atoms. The SMILES string of the molecule is CC(C)(C)Cc1cccc(Oc2ccc(CNC(=O)c3cccnc3N)cc2)c1. The number of anilines is 1. The van der Waals surface area contributed by atoms with Gasteiger partial charge in [-0.05, 0) is 59.4 Å². The molecule has 0 aliphatic rings. The first kappa shape index (κ1) is 20.4. The highest BCUT2D eigenvalue weighted by molar-refractivity contribution is 5.98. The van der Waals surface area contributed by atoms with Crippen LogP contribution in [-0.4, -0.2) is 10.9 Å². The van der Waals surface area contributed by atoms with Gasteiger partial charge in [0, 0.05) is 12.7 Å². The second kappa shape index (κ2) is 8.78. The Morgan fingerprint density at radius 1 is 1.00 bits per heavy atom. The van der Waals surface area contributed by atoms with E-state index in [0.717, 1.165) is 23.5 Å². The van der Waals surface area contributed by atoms with Crippen molar-refractivity contribution >= 4 is 11.7 Å². The molecule has 0 aliphatic heterocycles.